The molecule has 5 nitrogen and oxygen atoms in total. The summed E-state index contributed by atoms with van der Waals surface area (Å²) in [6, 6.07) is 8.00. The molecule has 0 unspecified atom stereocenters. The van der Waals surface area contributed by atoms with Crippen LogP contribution in [-0.2, 0) is 6.42 Å². The molecule has 86 valence electrons. The van der Waals surface area contributed by atoms with Crippen molar-refractivity contribution in [2.45, 2.75) is 12.8 Å². The van der Waals surface area contributed by atoms with Gasteiger partial charge in [0.15, 0.2) is 5.69 Å². The van der Waals surface area contributed by atoms with Crippen LogP contribution in [0, 0.1) is 0 Å². The van der Waals surface area contributed by atoms with Crippen LogP contribution in [0.15, 0.2) is 30.5 Å². The summed E-state index contributed by atoms with van der Waals surface area (Å²) in [7, 11) is 0. The normalized spacial score (nSPS) is 14.5. The van der Waals surface area contributed by atoms with Gasteiger partial charge in [-0.15, -0.1) is 0 Å². The number of carbonyl (C=O) groups excluding carboxylic acids is 1. The zero-order chi connectivity index (χ0) is 11.7. The predicted molar refractivity (Wildman–Crippen MR) is 62.8 cm³/mol. The number of carbonyl (C=O) groups is 1. The Balaban J connectivity index is 1.98. The number of benzene rings is 1. The fraction of sp³-hybridized carbons (Fsp3) is 0.250. The van der Waals surface area contributed by atoms with Gasteiger partial charge in [-0.05, 0) is 24.5 Å². The average Bonchev–Trinajstić information content (AvgIpc) is 2.91. The first-order valence-corrected chi connectivity index (χ1v) is 5.62. The number of hydrogen-bond donors (Lipinski definition) is 1. The van der Waals surface area contributed by atoms with E-state index in [1.54, 1.807) is 4.90 Å². The first-order chi connectivity index (χ1) is 8.36. The van der Waals surface area contributed by atoms with E-state index in [4.69, 9.17) is 0 Å². The van der Waals surface area contributed by atoms with E-state index in [1.165, 1.54) is 11.8 Å². The van der Waals surface area contributed by atoms with Crippen molar-refractivity contribution in [1.29, 1.82) is 0 Å². The third-order valence-corrected chi connectivity index (χ3v) is 2.99. The van der Waals surface area contributed by atoms with E-state index in [9.17, 15) is 4.79 Å². The van der Waals surface area contributed by atoms with E-state index >= 15 is 0 Å². The van der Waals surface area contributed by atoms with E-state index in [2.05, 4.69) is 21.5 Å². The van der Waals surface area contributed by atoms with Gasteiger partial charge in [-0.25, -0.2) is 0 Å². The Morgan fingerprint density at radius 1 is 1.35 bits per heavy atom. The molecule has 0 spiro atoms. The summed E-state index contributed by atoms with van der Waals surface area (Å²) in [6.07, 6.45) is 3.47. The third kappa shape index (κ3) is 1.69. The molecule has 1 aliphatic heterocycles. The number of anilines is 1. The molecular weight excluding hydrogens is 216 g/mol. The van der Waals surface area contributed by atoms with Crippen molar-refractivity contribution in [2.75, 3.05) is 11.4 Å². The van der Waals surface area contributed by atoms with Crippen LogP contribution in [0.1, 0.15) is 22.5 Å². The molecule has 0 bridgehead atoms. The fourth-order valence-corrected chi connectivity index (χ4v) is 2.19. The number of para-hydroxylation sites is 1. The van der Waals surface area contributed by atoms with Crippen LogP contribution < -0.4 is 4.90 Å². The molecule has 2 aromatic rings. The molecule has 1 aromatic heterocycles. The number of aromatic nitrogens is 3. The molecule has 1 amide bonds. The highest BCUT2D eigenvalue weighted by Crippen LogP contribution is 2.27. The fourth-order valence-electron chi connectivity index (χ4n) is 2.19. The van der Waals surface area contributed by atoms with Crippen LogP contribution in [0.2, 0.25) is 0 Å². The van der Waals surface area contributed by atoms with Crippen molar-refractivity contribution in [3.8, 4) is 0 Å². The van der Waals surface area contributed by atoms with Crippen LogP contribution in [-0.4, -0.2) is 27.9 Å². The van der Waals surface area contributed by atoms with Gasteiger partial charge in [0.05, 0.1) is 6.20 Å². The summed E-state index contributed by atoms with van der Waals surface area (Å²) in [5.74, 6) is -0.0918. The topological polar surface area (TPSA) is 61.9 Å². The van der Waals surface area contributed by atoms with E-state index in [0.717, 1.165) is 25.1 Å². The largest absolute Gasteiger partial charge is 0.307 e. The van der Waals surface area contributed by atoms with E-state index in [0.29, 0.717) is 5.69 Å². The van der Waals surface area contributed by atoms with Crippen LogP contribution in [0.5, 0.6) is 0 Å². The molecular formula is C12H12N4O. The molecule has 1 aliphatic rings. The van der Waals surface area contributed by atoms with Crippen molar-refractivity contribution in [3.05, 3.63) is 41.7 Å². The Morgan fingerprint density at radius 2 is 2.24 bits per heavy atom. The lowest BCUT2D eigenvalue weighted by atomic mass is 10.0. The van der Waals surface area contributed by atoms with Gasteiger partial charge in [0.2, 0.25) is 0 Å². The first kappa shape index (κ1) is 10.0. The average molecular weight is 228 g/mol. The molecule has 0 radical (unpaired) electrons. The smallest absolute Gasteiger partial charge is 0.280 e. The zero-order valence-corrected chi connectivity index (χ0v) is 9.26. The maximum absolute atomic E-state index is 12.2. The van der Waals surface area contributed by atoms with Gasteiger partial charge in [0, 0.05) is 12.2 Å². The van der Waals surface area contributed by atoms with Gasteiger partial charge in [-0.1, -0.05) is 18.2 Å². The van der Waals surface area contributed by atoms with E-state index in [1.807, 2.05) is 18.2 Å². The number of rotatable bonds is 1. The number of aryl methyl sites for hydroxylation is 1. The van der Waals surface area contributed by atoms with Crippen LogP contribution in [0.4, 0.5) is 5.69 Å². The number of hydrogen-bond acceptors (Lipinski definition) is 3. The Hall–Kier alpha value is -2.17. The molecule has 2 heterocycles. The molecule has 3 rings (SSSR count). The van der Waals surface area contributed by atoms with Crippen molar-refractivity contribution in [3.63, 3.8) is 0 Å². The van der Waals surface area contributed by atoms with Crippen LogP contribution >= 0.6 is 0 Å². The molecule has 0 saturated carbocycles. The minimum Gasteiger partial charge on any atom is -0.307 e. The highest BCUT2D eigenvalue weighted by Gasteiger charge is 2.24. The Bertz CT molecular complexity index is 535. The summed E-state index contributed by atoms with van der Waals surface area (Å²) in [4.78, 5) is 14.0. The molecule has 0 atom stereocenters. The lowest BCUT2D eigenvalue weighted by Crippen LogP contribution is -2.35. The Kier molecular flexibility index (Phi) is 2.36. The quantitative estimate of drug-likeness (QED) is 0.802. The van der Waals surface area contributed by atoms with Gasteiger partial charge < -0.3 is 4.90 Å². The van der Waals surface area contributed by atoms with Crippen molar-refractivity contribution >= 4 is 11.6 Å². The summed E-state index contributed by atoms with van der Waals surface area (Å²) in [5.41, 5.74) is 2.57. The number of fused-ring (bicyclic) bond motifs is 1. The predicted octanol–water partition coefficient (Wildman–Crippen LogP) is 1.40. The standard InChI is InChI=1S/C12H12N4O/c17-12(10-8-13-15-14-10)16-7-3-5-9-4-1-2-6-11(9)16/h1-2,4,6,8H,3,5,7H2,(H,13,14,15). The Morgan fingerprint density at radius 3 is 3.06 bits per heavy atom. The summed E-state index contributed by atoms with van der Waals surface area (Å²) < 4.78 is 0. The van der Waals surface area contributed by atoms with Crippen molar-refractivity contribution in [1.82, 2.24) is 15.4 Å². The second-order valence-electron chi connectivity index (χ2n) is 4.04. The number of H-pyrrole nitrogens is 1. The van der Waals surface area contributed by atoms with Gasteiger partial charge in [0.25, 0.3) is 5.91 Å². The Labute approximate surface area is 98.4 Å². The second kappa shape index (κ2) is 4.01. The van der Waals surface area contributed by atoms with Crippen molar-refractivity contribution in [2.24, 2.45) is 0 Å². The highest BCUT2D eigenvalue weighted by molar-refractivity contribution is 6.05. The van der Waals surface area contributed by atoms with Gasteiger partial charge >= 0.3 is 0 Å². The SMILES string of the molecule is O=C(c1cn[nH]n1)N1CCCc2ccccc21. The van der Waals surface area contributed by atoms with E-state index < -0.39 is 0 Å². The first-order valence-electron chi connectivity index (χ1n) is 5.62. The maximum Gasteiger partial charge on any atom is 0.280 e. The number of aromatic amines is 1. The van der Waals surface area contributed by atoms with Crippen LogP contribution in [0.25, 0.3) is 0 Å². The maximum atomic E-state index is 12.2. The molecule has 0 fully saturated rings. The minimum atomic E-state index is -0.0918. The molecule has 1 N–H and O–H groups in total. The lowest BCUT2D eigenvalue weighted by molar-refractivity contribution is 0.0980. The third-order valence-electron chi connectivity index (χ3n) is 2.99. The molecule has 1 aromatic carbocycles. The molecule has 0 aliphatic carbocycles. The monoisotopic (exact) mass is 228 g/mol. The summed E-state index contributed by atoms with van der Waals surface area (Å²) in [6.45, 7) is 0.739. The minimum absolute atomic E-state index is 0.0918. The number of nitrogens with zero attached hydrogens (tertiary/aromatic N) is 3. The molecule has 5 heteroatoms. The zero-order valence-electron chi connectivity index (χ0n) is 9.26. The molecule has 0 saturated heterocycles. The van der Waals surface area contributed by atoms with E-state index in [-0.39, 0.29) is 5.91 Å². The van der Waals surface area contributed by atoms with Crippen LogP contribution in [0.3, 0.4) is 0 Å². The summed E-state index contributed by atoms with van der Waals surface area (Å²) >= 11 is 0. The molecule has 17 heavy (non-hydrogen) atoms. The number of nitrogens with one attached hydrogen (secondary N) is 1. The second-order valence-corrected chi connectivity index (χ2v) is 4.04. The lowest BCUT2D eigenvalue weighted by Gasteiger charge is -2.28. The highest BCUT2D eigenvalue weighted by atomic mass is 16.2. The van der Waals surface area contributed by atoms with Crippen molar-refractivity contribution < 1.29 is 4.79 Å². The van der Waals surface area contributed by atoms with Gasteiger partial charge in [-0.3, -0.25) is 4.79 Å². The summed E-state index contributed by atoms with van der Waals surface area (Å²) in [5, 5.41) is 9.97. The van der Waals surface area contributed by atoms with Gasteiger partial charge in [-0.2, -0.15) is 15.4 Å². The van der Waals surface area contributed by atoms with Gasteiger partial charge in [0.1, 0.15) is 0 Å². The number of amides is 1.